The second-order valence-corrected chi connectivity index (χ2v) is 8.27. The van der Waals surface area contributed by atoms with E-state index in [2.05, 4.69) is 4.98 Å². The molecule has 4 atom stereocenters. The number of nitrogens with zero attached hydrogens (tertiary/aromatic N) is 2. The van der Waals surface area contributed by atoms with Gasteiger partial charge in [0, 0.05) is 36.6 Å². The van der Waals surface area contributed by atoms with Gasteiger partial charge in [0.05, 0.1) is 6.42 Å². The standard InChI is InChI=1S/C17H22N2O5S/c1-11-8-17(24,14-5-4-6-18-9-14)10-19(11,16(22)23)15(21)7-12(2)25-13(3)20/h4-6,9,11-12,24H,7-8,10H2,1-3H3/p+1/t11?,12?,17?,19-/m0/s1. The molecule has 0 saturated carbocycles. The molecule has 0 aliphatic carbocycles. The summed E-state index contributed by atoms with van der Waals surface area (Å²) in [5.74, 6) is -0.499. The van der Waals surface area contributed by atoms with Gasteiger partial charge in [-0.2, -0.15) is 9.28 Å². The molecule has 0 radical (unpaired) electrons. The molecular formula is C17H23N2O5S+. The van der Waals surface area contributed by atoms with Gasteiger partial charge >= 0.3 is 12.0 Å². The maximum Gasteiger partial charge on any atom is 0.521 e. The van der Waals surface area contributed by atoms with Crippen molar-refractivity contribution in [1.82, 2.24) is 4.98 Å². The number of thioether (sulfide) groups is 1. The van der Waals surface area contributed by atoms with Crippen molar-refractivity contribution >= 4 is 28.9 Å². The summed E-state index contributed by atoms with van der Waals surface area (Å²) in [5, 5.41) is 20.4. The number of amides is 2. The molecule has 1 aliphatic heterocycles. The van der Waals surface area contributed by atoms with E-state index in [9.17, 15) is 24.6 Å². The third-order valence-electron chi connectivity index (χ3n) is 4.71. The topological polar surface area (TPSA) is 105 Å². The highest BCUT2D eigenvalue weighted by Crippen LogP contribution is 2.42. The highest BCUT2D eigenvalue weighted by atomic mass is 32.2. The van der Waals surface area contributed by atoms with Gasteiger partial charge in [0.25, 0.3) is 0 Å². The lowest BCUT2D eigenvalue weighted by atomic mass is 9.93. The summed E-state index contributed by atoms with van der Waals surface area (Å²) in [4.78, 5) is 40.1. The average molecular weight is 367 g/mol. The van der Waals surface area contributed by atoms with E-state index in [1.54, 1.807) is 32.2 Å². The largest absolute Gasteiger partial charge is 0.521 e. The molecule has 2 N–H and O–H groups in total. The summed E-state index contributed by atoms with van der Waals surface area (Å²) in [7, 11) is 0. The van der Waals surface area contributed by atoms with Gasteiger partial charge in [-0.1, -0.05) is 24.8 Å². The molecule has 25 heavy (non-hydrogen) atoms. The first-order valence-corrected chi connectivity index (χ1v) is 8.94. The zero-order valence-electron chi connectivity index (χ0n) is 14.5. The molecule has 1 aromatic heterocycles. The predicted octanol–water partition coefficient (Wildman–Crippen LogP) is 2.14. The first-order valence-electron chi connectivity index (χ1n) is 8.06. The lowest BCUT2D eigenvalue weighted by molar-refractivity contribution is -0.796. The Morgan fingerprint density at radius 3 is 2.68 bits per heavy atom. The van der Waals surface area contributed by atoms with E-state index in [1.807, 2.05) is 0 Å². The Morgan fingerprint density at radius 2 is 2.16 bits per heavy atom. The summed E-state index contributed by atoms with van der Waals surface area (Å²) in [6.07, 6.45) is 1.87. The van der Waals surface area contributed by atoms with Crippen LogP contribution >= 0.6 is 11.8 Å². The van der Waals surface area contributed by atoms with Gasteiger partial charge in [-0.3, -0.25) is 9.78 Å². The second kappa shape index (κ2) is 7.23. The van der Waals surface area contributed by atoms with Gasteiger partial charge in [-0.05, 0) is 13.0 Å². The zero-order chi connectivity index (χ0) is 18.8. The van der Waals surface area contributed by atoms with Crippen molar-refractivity contribution in [3.63, 3.8) is 0 Å². The number of hydrogen-bond donors (Lipinski definition) is 2. The van der Waals surface area contributed by atoms with E-state index in [-0.39, 0.29) is 29.8 Å². The number of aromatic nitrogens is 1. The van der Waals surface area contributed by atoms with Crippen LogP contribution in [0.15, 0.2) is 24.5 Å². The highest BCUT2D eigenvalue weighted by Gasteiger charge is 2.62. The quantitative estimate of drug-likeness (QED) is 0.786. The summed E-state index contributed by atoms with van der Waals surface area (Å²) in [6.45, 7) is 4.54. The number of carbonyl (C=O) groups excluding carboxylic acids is 2. The number of likely N-dealkylation sites (tertiary alicyclic amines) is 1. The van der Waals surface area contributed by atoms with Crippen molar-refractivity contribution in [3.05, 3.63) is 30.1 Å². The summed E-state index contributed by atoms with van der Waals surface area (Å²) >= 11 is 1.01. The molecule has 3 unspecified atom stereocenters. The number of carboxylic acid groups (broad SMARTS) is 1. The average Bonchev–Trinajstić information content (AvgIpc) is 2.80. The molecule has 2 heterocycles. The molecule has 1 saturated heterocycles. The van der Waals surface area contributed by atoms with E-state index < -0.39 is 28.1 Å². The van der Waals surface area contributed by atoms with Crippen molar-refractivity contribution < 1.29 is 29.1 Å². The minimum absolute atomic E-state index is 0.0516. The second-order valence-electron chi connectivity index (χ2n) is 6.65. The van der Waals surface area contributed by atoms with Crippen LogP contribution in [0.2, 0.25) is 0 Å². The molecule has 0 aromatic carbocycles. The molecule has 136 valence electrons. The van der Waals surface area contributed by atoms with Gasteiger partial charge in [-0.25, -0.2) is 4.79 Å². The van der Waals surface area contributed by atoms with Crippen LogP contribution in [0.1, 0.15) is 39.2 Å². The zero-order valence-corrected chi connectivity index (χ0v) is 15.3. The minimum Gasteiger partial charge on any atom is -0.435 e. The van der Waals surface area contributed by atoms with E-state index in [0.29, 0.717) is 5.56 Å². The van der Waals surface area contributed by atoms with Crippen LogP contribution in [0.4, 0.5) is 4.79 Å². The first kappa shape index (κ1) is 19.6. The van der Waals surface area contributed by atoms with Crippen LogP contribution in [-0.2, 0) is 15.2 Å². The molecule has 1 aliphatic rings. The molecule has 7 nitrogen and oxygen atoms in total. The highest BCUT2D eigenvalue weighted by molar-refractivity contribution is 8.14. The third-order valence-corrected chi connectivity index (χ3v) is 5.61. The molecular weight excluding hydrogens is 344 g/mol. The van der Waals surface area contributed by atoms with E-state index in [0.717, 1.165) is 11.8 Å². The van der Waals surface area contributed by atoms with Gasteiger partial charge in [0.15, 0.2) is 5.12 Å². The Balaban J connectivity index is 2.32. The van der Waals surface area contributed by atoms with Crippen molar-refractivity contribution in [2.24, 2.45) is 0 Å². The fourth-order valence-electron chi connectivity index (χ4n) is 3.56. The number of imide groups is 1. The molecule has 8 heteroatoms. The fraction of sp³-hybridized carbons (Fsp3) is 0.529. The number of rotatable bonds is 4. The molecule has 0 spiro atoms. The lowest BCUT2D eigenvalue weighted by Crippen LogP contribution is -2.60. The Hall–Kier alpha value is -1.77. The fourth-order valence-corrected chi connectivity index (χ4v) is 4.35. The van der Waals surface area contributed by atoms with Gasteiger partial charge in [0.1, 0.15) is 18.2 Å². The lowest BCUT2D eigenvalue weighted by Gasteiger charge is -2.31. The third kappa shape index (κ3) is 3.75. The maximum absolute atomic E-state index is 12.9. The summed E-state index contributed by atoms with van der Waals surface area (Å²) in [6, 6.07) is 2.75. The molecule has 1 fully saturated rings. The Kier molecular flexibility index (Phi) is 5.65. The Bertz CT molecular complexity index is 683. The van der Waals surface area contributed by atoms with Gasteiger partial charge in [0.2, 0.25) is 0 Å². The van der Waals surface area contributed by atoms with Crippen LogP contribution in [0.25, 0.3) is 0 Å². The van der Waals surface area contributed by atoms with Crippen LogP contribution in [0.3, 0.4) is 0 Å². The van der Waals surface area contributed by atoms with Gasteiger partial charge < -0.3 is 10.2 Å². The Morgan fingerprint density at radius 1 is 1.48 bits per heavy atom. The first-order chi connectivity index (χ1) is 11.6. The number of quaternary nitrogens is 1. The number of hydrogen-bond acceptors (Lipinski definition) is 6. The maximum atomic E-state index is 12.9. The molecule has 2 amide bonds. The van der Waals surface area contributed by atoms with E-state index in [4.69, 9.17) is 0 Å². The van der Waals surface area contributed by atoms with Crippen molar-refractivity contribution in [2.75, 3.05) is 6.54 Å². The summed E-state index contributed by atoms with van der Waals surface area (Å²) in [5.41, 5.74) is -0.930. The normalized spacial score (nSPS) is 30.0. The van der Waals surface area contributed by atoms with Crippen LogP contribution in [-0.4, -0.2) is 54.6 Å². The Labute approximate surface area is 150 Å². The number of aliphatic hydroxyl groups is 1. The monoisotopic (exact) mass is 367 g/mol. The van der Waals surface area contributed by atoms with E-state index >= 15 is 0 Å². The number of carbonyl (C=O) groups is 3. The van der Waals surface area contributed by atoms with Gasteiger partial charge in [-0.15, -0.1) is 0 Å². The summed E-state index contributed by atoms with van der Waals surface area (Å²) < 4.78 is -0.839. The molecule has 2 rings (SSSR count). The van der Waals surface area contributed by atoms with Crippen LogP contribution < -0.4 is 0 Å². The van der Waals surface area contributed by atoms with Crippen LogP contribution in [0.5, 0.6) is 0 Å². The van der Waals surface area contributed by atoms with E-state index in [1.165, 1.54) is 13.1 Å². The number of pyridine rings is 1. The molecule has 1 aromatic rings. The van der Waals surface area contributed by atoms with Crippen LogP contribution in [0, 0.1) is 0 Å². The molecule has 0 bridgehead atoms. The minimum atomic E-state index is -1.43. The van der Waals surface area contributed by atoms with Crippen molar-refractivity contribution in [2.45, 2.75) is 50.5 Å². The van der Waals surface area contributed by atoms with Crippen molar-refractivity contribution in [1.29, 1.82) is 0 Å². The smallest absolute Gasteiger partial charge is 0.435 e. The SMILES string of the molecule is CC(=O)SC(C)CC(=O)[N@+]1(C(=O)O)CC(O)(c2cccnc2)CC1C. The van der Waals surface area contributed by atoms with Crippen molar-refractivity contribution in [3.8, 4) is 0 Å². The predicted molar refractivity (Wildman–Crippen MR) is 92.7 cm³/mol.